The van der Waals surface area contributed by atoms with Crippen LogP contribution in [0.2, 0.25) is 0 Å². The van der Waals surface area contributed by atoms with E-state index in [0.717, 1.165) is 17.9 Å². The summed E-state index contributed by atoms with van der Waals surface area (Å²) in [6, 6.07) is 2.06. The SMILES string of the molecule is CCN(C(=O)c1cnc(C)cc1NC)C(C)CN(C)C. The van der Waals surface area contributed by atoms with E-state index in [2.05, 4.69) is 22.1 Å². The third kappa shape index (κ3) is 3.93. The van der Waals surface area contributed by atoms with Crippen LogP contribution < -0.4 is 5.32 Å². The number of amides is 1. The smallest absolute Gasteiger partial charge is 0.257 e. The van der Waals surface area contributed by atoms with Crippen LogP contribution in [0.3, 0.4) is 0 Å². The number of rotatable bonds is 6. The molecule has 0 bridgehead atoms. The average molecular weight is 278 g/mol. The molecule has 0 aliphatic heterocycles. The summed E-state index contributed by atoms with van der Waals surface area (Å²) in [4.78, 5) is 20.9. The Kier molecular flexibility index (Phi) is 5.95. The summed E-state index contributed by atoms with van der Waals surface area (Å²) in [6.07, 6.45) is 1.66. The summed E-state index contributed by atoms with van der Waals surface area (Å²) in [5.74, 6) is 0.0266. The molecule has 1 amide bonds. The predicted octanol–water partition coefficient (Wildman–Crippen LogP) is 1.84. The molecule has 0 aromatic carbocycles. The van der Waals surface area contributed by atoms with Crippen LogP contribution in [0.25, 0.3) is 0 Å². The van der Waals surface area contributed by atoms with Gasteiger partial charge in [0.15, 0.2) is 0 Å². The minimum atomic E-state index is 0.0266. The zero-order chi connectivity index (χ0) is 15.3. The molecule has 0 radical (unpaired) electrons. The highest BCUT2D eigenvalue weighted by Crippen LogP contribution is 2.18. The number of aromatic nitrogens is 1. The molecule has 0 spiro atoms. The Hall–Kier alpha value is -1.62. The topological polar surface area (TPSA) is 48.5 Å². The van der Waals surface area contributed by atoms with E-state index in [9.17, 15) is 4.79 Å². The summed E-state index contributed by atoms with van der Waals surface area (Å²) in [7, 11) is 5.85. The number of aryl methyl sites for hydroxylation is 1. The van der Waals surface area contributed by atoms with E-state index in [0.29, 0.717) is 12.1 Å². The average Bonchev–Trinajstić information content (AvgIpc) is 2.38. The van der Waals surface area contributed by atoms with Crippen LogP contribution in [-0.2, 0) is 0 Å². The Morgan fingerprint density at radius 3 is 2.60 bits per heavy atom. The lowest BCUT2D eigenvalue weighted by molar-refractivity contribution is 0.0679. The van der Waals surface area contributed by atoms with Gasteiger partial charge in [-0.05, 0) is 40.9 Å². The predicted molar refractivity (Wildman–Crippen MR) is 83.2 cm³/mol. The first-order chi connectivity index (χ1) is 9.40. The van der Waals surface area contributed by atoms with E-state index >= 15 is 0 Å². The quantitative estimate of drug-likeness (QED) is 0.862. The van der Waals surface area contributed by atoms with Crippen LogP contribution in [0.15, 0.2) is 12.3 Å². The fourth-order valence-electron chi connectivity index (χ4n) is 2.37. The number of likely N-dealkylation sites (N-methyl/N-ethyl adjacent to an activating group) is 2. The summed E-state index contributed by atoms with van der Waals surface area (Å²) in [6.45, 7) is 7.52. The van der Waals surface area contributed by atoms with Crippen LogP contribution in [0, 0.1) is 6.92 Å². The molecular formula is C15H26N4O. The number of hydrogen-bond acceptors (Lipinski definition) is 4. The molecule has 5 nitrogen and oxygen atoms in total. The Bertz CT molecular complexity index is 459. The lowest BCUT2D eigenvalue weighted by Crippen LogP contribution is -2.43. The highest BCUT2D eigenvalue weighted by molar-refractivity contribution is 5.99. The van der Waals surface area contributed by atoms with E-state index in [1.807, 2.05) is 46.0 Å². The van der Waals surface area contributed by atoms with Gasteiger partial charge in [-0.2, -0.15) is 0 Å². The molecule has 1 atom stereocenters. The minimum Gasteiger partial charge on any atom is -0.387 e. The number of nitrogens with zero attached hydrogens (tertiary/aromatic N) is 3. The Morgan fingerprint density at radius 2 is 2.10 bits per heavy atom. The van der Waals surface area contributed by atoms with Crippen molar-refractivity contribution in [2.45, 2.75) is 26.8 Å². The van der Waals surface area contributed by atoms with E-state index in [4.69, 9.17) is 0 Å². The zero-order valence-electron chi connectivity index (χ0n) is 13.4. The Morgan fingerprint density at radius 1 is 1.45 bits per heavy atom. The maximum atomic E-state index is 12.7. The molecular weight excluding hydrogens is 252 g/mol. The number of carbonyl (C=O) groups is 1. The van der Waals surface area contributed by atoms with Gasteiger partial charge in [0.1, 0.15) is 0 Å². The second kappa shape index (κ2) is 7.24. The maximum Gasteiger partial charge on any atom is 0.257 e. The van der Waals surface area contributed by atoms with Crippen LogP contribution in [0.1, 0.15) is 29.9 Å². The molecule has 0 fully saturated rings. The minimum absolute atomic E-state index is 0.0266. The third-order valence-electron chi connectivity index (χ3n) is 3.30. The van der Waals surface area contributed by atoms with Gasteiger partial charge < -0.3 is 15.1 Å². The van der Waals surface area contributed by atoms with E-state index in [1.54, 1.807) is 6.20 Å². The summed E-state index contributed by atoms with van der Waals surface area (Å²) >= 11 is 0. The first kappa shape index (κ1) is 16.4. The van der Waals surface area contributed by atoms with Crippen molar-refractivity contribution in [3.8, 4) is 0 Å². The molecule has 0 saturated heterocycles. The highest BCUT2D eigenvalue weighted by Gasteiger charge is 2.22. The van der Waals surface area contributed by atoms with Gasteiger partial charge in [0.05, 0.1) is 11.3 Å². The first-order valence-electron chi connectivity index (χ1n) is 7.00. The second-order valence-electron chi connectivity index (χ2n) is 5.32. The Labute approximate surface area is 122 Å². The van der Waals surface area contributed by atoms with Gasteiger partial charge in [-0.3, -0.25) is 9.78 Å². The molecule has 1 rings (SSSR count). The molecule has 112 valence electrons. The number of pyridine rings is 1. The number of carbonyl (C=O) groups excluding carboxylic acids is 1. The fraction of sp³-hybridized carbons (Fsp3) is 0.600. The number of hydrogen-bond donors (Lipinski definition) is 1. The van der Waals surface area contributed by atoms with Crippen LogP contribution in [0.4, 0.5) is 5.69 Å². The molecule has 1 aromatic heterocycles. The lowest BCUT2D eigenvalue weighted by atomic mass is 10.1. The summed E-state index contributed by atoms with van der Waals surface area (Å²) in [5.41, 5.74) is 2.36. The van der Waals surface area contributed by atoms with Crippen molar-refractivity contribution in [3.05, 3.63) is 23.5 Å². The van der Waals surface area contributed by atoms with Gasteiger partial charge >= 0.3 is 0 Å². The number of nitrogens with one attached hydrogen (secondary N) is 1. The summed E-state index contributed by atoms with van der Waals surface area (Å²) in [5, 5.41) is 3.08. The second-order valence-corrected chi connectivity index (χ2v) is 5.32. The van der Waals surface area contributed by atoms with E-state index < -0.39 is 0 Å². The monoisotopic (exact) mass is 278 g/mol. The van der Waals surface area contributed by atoms with Crippen molar-refractivity contribution in [2.75, 3.05) is 39.5 Å². The molecule has 5 heteroatoms. The van der Waals surface area contributed by atoms with Gasteiger partial charge in [-0.15, -0.1) is 0 Å². The van der Waals surface area contributed by atoms with Gasteiger partial charge in [-0.25, -0.2) is 0 Å². The van der Waals surface area contributed by atoms with Gasteiger partial charge in [-0.1, -0.05) is 0 Å². The number of anilines is 1. The zero-order valence-corrected chi connectivity index (χ0v) is 13.4. The molecule has 0 aliphatic carbocycles. The normalized spacial score (nSPS) is 12.3. The lowest BCUT2D eigenvalue weighted by Gasteiger charge is -2.30. The van der Waals surface area contributed by atoms with Crippen LogP contribution in [-0.4, -0.2) is 61.0 Å². The van der Waals surface area contributed by atoms with E-state index in [1.165, 1.54) is 0 Å². The van der Waals surface area contributed by atoms with Crippen molar-refractivity contribution >= 4 is 11.6 Å². The van der Waals surface area contributed by atoms with Crippen LogP contribution >= 0.6 is 0 Å². The largest absolute Gasteiger partial charge is 0.387 e. The molecule has 0 aliphatic rings. The van der Waals surface area contributed by atoms with E-state index in [-0.39, 0.29) is 11.9 Å². The highest BCUT2D eigenvalue weighted by atomic mass is 16.2. The molecule has 0 saturated carbocycles. The third-order valence-corrected chi connectivity index (χ3v) is 3.30. The molecule has 1 heterocycles. The van der Waals surface area contributed by atoms with Gasteiger partial charge in [0, 0.05) is 38.1 Å². The van der Waals surface area contributed by atoms with Gasteiger partial charge in [0.2, 0.25) is 0 Å². The van der Waals surface area contributed by atoms with Crippen molar-refractivity contribution in [1.29, 1.82) is 0 Å². The first-order valence-corrected chi connectivity index (χ1v) is 7.00. The maximum absolute atomic E-state index is 12.7. The molecule has 20 heavy (non-hydrogen) atoms. The van der Waals surface area contributed by atoms with Gasteiger partial charge in [0.25, 0.3) is 5.91 Å². The van der Waals surface area contributed by atoms with Crippen molar-refractivity contribution in [1.82, 2.24) is 14.8 Å². The fourth-order valence-corrected chi connectivity index (χ4v) is 2.37. The Balaban J connectivity index is 3.02. The molecule has 1 N–H and O–H groups in total. The van der Waals surface area contributed by atoms with Crippen molar-refractivity contribution < 1.29 is 4.79 Å². The van der Waals surface area contributed by atoms with Crippen molar-refractivity contribution in [2.24, 2.45) is 0 Å². The molecule has 1 unspecified atom stereocenters. The molecule has 1 aromatic rings. The van der Waals surface area contributed by atoms with Crippen molar-refractivity contribution in [3.63, 3.8) is 0 Å². The van der Waals surface area contributed by atoms with Crippen LogP contribution in [0.5, 0.6) is 0 Å². The standard InChI is InChI=1S/C15H26N4O/c1-7-19(12(3)10-18(5)6)15(20)13-9-17-11(2)8-14(13)16-4/h8-9,12H,7,10H2,1-6H3,(H,16,17). The summed E-state index contributed by atoms with van der Waals surface area (Å²) < 4.78 is 0.